The molecular formula is C13H14N2OS. The van der Waals surface area contributed by atoms with Gasteiger partial charge in [-0.15, -0.1) is 11.3 Å². The molecule has 0 atom stereocenters. The molecule has 0 aliphatic heterocycles. The van der Waals surface area contributed by atoms with Crippen LogP contribution in [0.15, 0.2) is 30.3 Å². The fourth-order valence-corrected chi connectivity index (χ4v) is 2.51. The van der Waals surface area contributed by atoms with Gasteiger partial charge in [0.2, 0.25) is 5.91 Å². The molecule has 0 unspecified atom stereocenters. The van der Waals surface area contributed by atoms with Crippen LogP contribution in [-0.2, 0) is 11.3 Å². The third-order valence-electron chi connectivity index (χ3n) is 2.41. The Morgan fingerprint density at radius 1 is 1.35 bits per heavy atom. The van der Waals surface area contributed by atoms with Gasteiger partial charge in [0.05, 0.1) is 12.2 Å². The lowest BCUT2D eigenvalue weighted by Gasteiger charge is -1.98. The number of aromatic nitrogens is 1. The fraction of sp³-hybridized carbons (Fsp3) is 0.231. The largest absolute Gasteiger partial charge is 0.351 e. The van der Waals surface area contributed by atoms with Gasteiger partial charge in [0, 0.05) is 17.4 Å². The first-order valence-corrected chi connectivity index (χ1v) is 6.24. The summed E-state index contributed by atoms with van der Waals surface area (Å²) in [5.41, 5.74) is 2.11. The summed E-state index contributed by atoms with van der Waals surface area (Å²) >= 11 is 1.63. The van der Waals surface area contributed by atoms with Crippen LogP contribution in [0.5, 0.6) is 0 Å². The topological polar surface area (TPSA) is 42.0 Å². The fourth-order valence-electron chi connectivity index (χ4n) is 1.50. The third-order valence-corrected chi connectivity index (χ3v) is 3.62. The Bertz CT molecular complexity index is 519. The zero-order valence-electron chi connectivity index (χ0n) is 9.86. The molecule has 4 heteroatoms. The molecular weight excluding hydrogens is 232 g/mol. The van der Waals surface area contributed by atoms with Crippen molar-refractivity contribution in [1.29, 1.82) is 0 Å². The smallest absolute Gasteiger partial charge is 0.217 e. The van der Waals surface area contributed by atoms with Crippen LogP contribution in [0.4, 0.5) is 0 Å². The van der Waals surface area contributed by atoms with E-state index in [1.807, 2.05) is 37.3 Å². The predicted molar refractivity (Wildman–Crippen MR) is 69.8 cm³/mol. The van der Waals surface area contributed by atoms with E-state index >= 15 is 0 Å². The van der Waals surface area contributed by atoms with Crippen molar-refractivity contribution in [2.45, 2.75) is 20.4 Å². The van der Waals surface area contributed by atoms with Crippen LogP contribution in [0, 0.1) is 6.92 Å². The molecule has 1 aromatic heterocycles. The lowest BCUT2D eigenvalue weighted by Crippen LogP contribution is -2.18. The first-order valence-electron chi connectivity index (χ1n) is 5.43. The van der Waals surface area contributed by atoms with Crippen LogP contribution in [0.1, 0.15) is 17.5 Å². The van der Waals surface area contributed by atoms with E-state index in [9.17, 15) is 4.79 Å². The number of thiazole rings is 1. The molecule has 0 spiro atoms. The SMILES string of the molecule is CC(=O)NCc1sc(-c2ccccc2)nc1C. The molecule has 0 radical (unpaired) electrons. The molecule has 17 heavy (non-hydrogen) atoms. The summed E-state index contributed by atoms with van der Waals surface area (Å²) in [5.74, 6) is -0.0148. The number of amides is 1. The molecule has 2 aromatic rings. The first kappa shape index (κ1) is 11.8. The number of benzene rings is 1. The quantitative estimate of drug-likeness (QED) is 0.904. The van der Waals surface area contributed by atoms with E-state index in [0.29, 0.717) is 6.54 Å². The van der Waals surface area contributed by atoms with Gasteiger partial charge in [0.15, 0.2) is 0 Å². The van der Waals surface area contributed by atoms with Crippen molar-refractivity contribution in [2.24, 2.45) is 0 Å². The summed E-state index contributed by atoms with van der Waals surface area (Å²) in [4.78, 5) is 16.5. The molecule has 1 heterocycles. The van der Waals surface area contributed by atoms with Crippen molar-refractivity contribution in [2.75, 3.05) is 0 Å². The highest BCUT2D eigenvalue weighted by Gasteiger charge is 2.09. The van der Waals surface area contributed by atoms with Gasteiger partial charge in [-0.25, -0.2) is 4.98 Å². The Hall–Kier alpha value is -1.68. The second kappa shape index (κ2) is 5.10. The van der Waals surface area contributed by atoms with E-state index in [1.54, 1.807) is 11.3 Å². The number of nitrogens with zero attached hydrogens (tertiary/aromatic N) is 1. The Kier molecular flexibility index (Phi) is 3.54. The number of hydrogen-bond donors (Lipinski definition) is 1. The van der Waals surface area contributed by atoms with Crippen LogP contribution >= 0.6 is 11.3 Å². The van der Waals surface area contributed by atoms with Crippen molar-refractivity contribution >= 4 is 17.2 Å². The molecule has 1 amide bonds. The van der Waals surface area contributed by atoms with Gasteiger partial charge in [0.1, 0.15) is 5.01 Å². The molecule has 0 fully saturated rings. The highest BCUT2D eigenvalue weighted by Crippen LogP contribution is 2.27. The Morgan fingerprint density at radius 2 is 2.06 bits per heavy atom. The van der Waals surface area contributed by atoms with Crippen LogP contribution in [0.3, 0.4) is 0 Å². The van der Waals surface area contributed by atoms with Crippen LogP contribution in [0.25, 0.3) is 10.6 Å². The van der Waals surface area contributed by atoms with E-state index in [-0.39, 0.29) is 5.91 Å². The second-order valence-electron chi connectivity index (χ2n) is 3.80. The normalized spacial score (nSPS) is 10.2. The molecule has 1 aromatic carbocycles. The minimum atomic E-state index is -0.0148. The average molecular weight is 246 g/mol. The van der Waals surface area contributed by atoms with Crippen molar-refractivity contribution in [3.05, 3.63) is 40.9 Å². The maximum atomic E-state index is 10.9. The summed E-state index contributed by atoms with van der Waals surface area (Å²) in [7, 11) is 0. The van der Waals surface area contributed by atoms with E-state index in [2.05, 4.69) is 10.3 Å². The minimum Gasteiger partial charge on any atom is -0.351 e. The van der Waals surface area contributed by atoms with E-state index < -0.39 is 0 Å². The second-order valence-corrected chi connectivity index (χ2v) is 4.89. The molecule has 0 saturated heterocycles. The van der Waals surface area contributed by atoms with E-state index in [1.165, 1.54) is 6.92 Å². The zero-order chi connectivity index (χ0) is 12.3. The highest BCUT2D eigenvalue weighted by molar-refractivity contribution is 7.15. The summed E-state index contributed by atoms with van der Waals surface area (Å²) in [6.45, 7) is 4.06. The maximum Gasteiger partial charge on any atom is 0.217 e. The van der Waals surface area contributed by atoms with Crippen LogP contribution in [-0.4, -0.2) is 10.9 Å². The Morgan fingerprint density at radius 3 is 2.71 bits per heavy atom. The van der Waals surface area contributed by atoms with Crippen molar-refractivity contribution in [3.8, 4) is 10.6 Å². The molecule has 2 rings (SSSR count). The Balaban J connectivity index is 2.22. The van der Waals surface area contributed by atoms with Gasteiger partial charge < -0.3 is 5.32 Å². The highest BCUT2D eigenvalue weighted by atomic mass is 32.1. The number of aryl methyl sites for hydroxylation is 1. The lowest BCUT2D eigenvalue weighted by molar-refractivity contribution is -0.119. The summed E-state index contributed by atoms with van der Waals surface area (Å²) in [5, 5.41) is 3.80. The molecule has 1 N–H and O–H groups in total. The van der Waals surface area contributed by atoms with Gasteiger partial charge >= 0.3 is 0 Å². The van der Waals surface area contributed by atoms with Crippen molar-refractivity contribution in [1.82, 2.24) is 10.3 Å². The summed E-state index contributed by atoms with van der Waals surface area (Å²) < 4.78 is 0. The van der Waals surface area contributed by atoms with Gasteiger partial charge in [-0.2, -0.15) is 0 Å². The average Bonchev–Trinajstić information content (AvgIpc) is 2.69. The molecule has 3 nitrogen and oxygen atoms in total. The van der Waals surface area contributed by atoms with Gasteiger partial charge in [-0.3, -0.25) is 4.79 Å². The maximum absolute atomic E-state index is 10.9. The van der Waals surface area contributed by atoms with Crippen LogP contribution in [0.2, 0.25) is 0 Å². The summed E-state index contributed by atoms with van der Waals surface area (Å²) in [6, 6.07) is 10.1. The minimum absolute atomic E-state index is 0.0148. The monoisotopic (exact) mass is 246 g/mol. The van der Waals surface area contributed by atoms with Gasteiger partial charge in [0.25, 0.3) is 0 Å². The lowest BCUT2D eigenvalue weighted by atomic mass is 10.2. The molecule has 0 aliphatic carbocycles. The zero-order valence-corrected chi connectivity index (χ0v) is 10.7. The molecule has 0 aliphatic rings. The van der Waals surface area contributed by atoms with E-state index in [4.69, 9.17) is 0 Å². The Labute approximate surface area is 105 Å². The first-order chi connectivity index (χ1) is 8.16. The van der Waals surface area contributed by atoms with Crippen LogP contribution < -0.4 is 5.32 Å². The molecule has 88 valence electrons. The third kappa shape index (κ3) is 2.91. The number of hydrogen-bond acceptors (Lipinski definition) is 3. The summed E-state index contributed by atoms with van der Waals surface area (Å²) in [6.07, 6.45) is 0. The van der Waals surface area contributed by atoms with Crippen molar-refractivity contribution < 1.29 is 4.79 Å². The number of carbonyl (C=O) groups excluding carboxylic acids is 1. The number of nitrogens with one attached hydrogen (secondary N) is 1. The number of rotatable bonds is 3. The van der Waals surface area contributed by atoms with E-state index in [0.717, 1.165) is 21.1 Å². The standard InChI is InChI=1S/C13H14N2OS/c1-9-12(8-14-10(2)16)17-13(15-9)11-6-4-3-5-7-11/h3-7H,8H2,1-2H3,(H,14,16). The van der Waals surface area contributed by atoms with Crippen molar-refractivity contribution in [3.63, 3.8) is 0 Å². The predicted octanol–water partition coefficient (Wildman–Crippen LogP) is 2.75. The van der Waals surface area contributed by atoms with Gasteiger partial charge in [-0.05, 0) is 6.92 Å². The molecule has 0 bridgehead atoms. The number of carbonyl (C=O) groups is 1. The van der Waals surface area contributed by atoms with Gasteiger partial charge in [-0.1, -0.05) is 30.3 Å². The molecule has 0 saturated carbocycles.